The zero-order valence-corrected chi connectivity index (χ0v) is 12.2. The largest absolute Gasteiger partial charge is 0.478 e. The van der Waals surface area contributed by atoms with Crippen LogP contribution in [0.5, 0.6) is 11.5 Å². The van der Waals surface area contributed by atoms with Crippen LogP contribution >= 0.6 is 15.9 Å². The van der Waals surface area contributed by atoms with Crippen LogP contribution in [0.4, 0.5) is 0 Å². The van der Waals surface area contributed by atoms with E-state index in [0.29, 0.717) is 16.0 Å². The van der Waals surface area contributed by atoms with E-state index in [-0.39, 0.29) is 5.56 Å². The van der Waals surface area contributed by atoms with E-state index in [1.807, 2.05) is 32.0 Å². The van der Waals surface area contributed by atoms with E-state index in [1.54, 1.807) is 6.07 Å². The third-order valence-corrected chi connectivity index (χ3v) is 3.29. The number of carbonyl (C=O) groups is 1. The topological polar surface area (TPSA) is 46.5 Å². The number of ether oxygens (including phenoxy) is 1. The summed E-state index contributed by atoms with van der Waals surface area (Å²) in [6.07, 6.45) is 0. The molecule has 98 valence electrons. The van der Waals surface area contributed by atoms with Gasteiger partial charge in [-0.05, 0) is 55.3 Å². The van der Waals surface area contributed by atoms with Crippen molar-refractivity contribution in [2.75, 3.05) is 0 Å². The molecular weight excluding hydrogens is 308 g/mol. The van der Waals surface area contributed by atoms with Crippen molar-refractivity contribution >= 4 is 21.9 Å². The van der Waals surface area contributed by atoms with Crippen LogP contribution in [0.25, 0.3) is 0 Å². The maximum absolute atomic E-state index is 11.0. The summed E-state index contributed by atoms with van der Waals surface area (Å²) in [7, 11) is 0. The Hall–Kier alpha value is -1.81. The Balaban J connectivity index is 2.32. The lowest BCUT2D eigenvalue weighted by atomic mass is 10.1. The standard InChI is InChI=1S/C15H13BrO3/c1-9-3-4-13(5-10(9)2)19-14-7-11(15(17)18)6-12(16)8-14/h3-8H,1-2H3,(H,17,18). The van der Waals surface area contributed by atoms with Crippen molar-refractivity contribution in [3.05, 3.63) is 57.6 Å². The molecule has 2 rings (SSSR count). The molecule has 0 saturated carbocycles. The second-order valence-electron chi connectivity index (χ2n) is 4.33. The highest BCUT2D eigenvalue weighted by molar-refractivity contribution is 9.10. The molecule has 0 bridgehead atoms. The van der Waals surface area contributed by atoms with Gasteiger partial charge in [0.2, 0.25) is 0 Å². The number of halogens is 1. The summed E-state index contributed by atoms with van der Waals surface area (Å²) in [5.41, 5.74) is 2.51. The van der Waals surface area contributed by atoms with Gasteiger partial charge in [-0.1, -0.05) is 22.0 Å². The molecule has 0 aliphatic rings. The Bertz CT molecular complexity index is 635. The molecule has 0 aliphatic carbocycles. The zero-order chi connectivity index (χ0) is 14.0. The van der Waals surface area contributed by atoms with Crippen molar-refractivity contribution in [2.24, 2.45) is 0 Å². The molecule has 0 unspecified atom stereocenters. The van der Waals surface area contributed by atoms with E-state index in [1.165, 1.54) is 17.7 Å². The first-order valence-electron chi connectivity index (χ1n) is 5.75. The molecule has 3 nitrogen and oxygen atoms in total. The fourth-order valence-electron chi connectivity index (χ4n) is 1.66. The van der Waals surface area contributed by atoms with Gasteiger partial charge in [-0.3, -0.25) is 0 Å². The van der Waals surface area contributed by atoms with E-state index in [9.17, 15) is 4.79 Å². The van der Waals surface area contributed by atoms with Gasteiger partial charge >= 0.3 is 5.97 Å². The Morgan fingerprint density at radius 1 is 1.05 bits per heavy atom. The lowest BCUT2D eigenvalue weighted by Gasteiger charge is -2.09. The van der Waals surface area contributed by atoms with Gasteiger partial charge in [-0.25, -0.2) is 4.79 Å². The maximum atomic E-state index is 11.0. The third-order valence-electron chi connectivity index (χ3n) is 2.83. The lowest BCUT2D eigenvalue weighted by molar-refractivity contribution is 0.0696. The van der Waals surface area contributed by atoms with E-state index >= 15 is 0 Å². The summed E-state index contributed by atoms with van der Waals surface area (Å²) in [4.78, 5) is 11.0. The van der Waals surface area contributed by atoms with Crippen LogP contribution in [0.3, 0.4) is 0 Å². The molecule has 0 saturated heterocycles. The van der Waals surface area contributed by atoms with Crippen molar-refractivity contribution in [3.63, 3.8) is 0 Å². The van der Waals surface area contributed by atoms with E-state index < -0.39 is 5.97 Å². The molecule has 0 radical (unpaired) electrons. The SMILES string of the molecule is Cc1ccc(Oc2cc(Br)cc(C(=O)O)c2)cc1C. The molecule has 0 heterocycles. The number of aromatic carboxylic acids is 1. The molecule has 0 amide bonds. The molecule has 19 heavy (non-hydrogen) atoms. The van der Waals surface area contributed by atoms with Crippen molar-refractivity contribution in [1.82, 2.24) is 0 Å². The van der Waals surface area contributed by atoms with Crippen LogP contribution in [0, 0.1) is 13.8 Å². The lowest BCUT2D eigenvalue weighted by Crippen LogP contribution is -1.97. The molecular formula is C15H13BrO3. The summed E-state index contributed by atoms with van der Waals surface area (Å²) in [5.74, 6) is 0.207. The van der Waals surface area contributed by atoms with Crippen LogP contribution in [0.2, 0.25) is 0 Å². The van der Waals surface area contributed by atoms with Crippen molar-refractivity contribution in [3.8, 4) is 11.5 Å². The fraction of sp³-hybridized carbons (Fsp3) is 0.133. The first kappa shape index (κ1) is 13.6. The number of aryl methyl sites for hydroxylation is 2. The van der Waals surface area contributed by atoms with E-state index in [0.717, 1.165) is 5.56 Å². The van der Waals surface area contributed by atoms with E-state index in [4.69, 9.17) is 9.84 Å². The predicted molar refractivity (Wildman–Crippen MR) is 77.1 cm³/mol. The van der Waals surface area contributed by atoms with Gasteiger partial charge in [0.15, 0.2) is 0 Å². The van der Waals surface area contributed by atoms with Crippen molar-refractivity contribution in [1.29, 1.82) is 0 Å². The number of hydrogen-bond acceptors (Lipinski definition) is 2. The number of rotatable bonds is 3. The molecule has 0 aliphatic heterocycles. The monoisotopic (exact) mass is 320 g/mol. The van der Waals surface area contributed by atoms with Crippen molar-refractivity contribution in [2.45, 2.75) is 13.8 Å². The van der Waals surface area contributed by atoms with Gasteiger partial charge in [-0.15, -0.1) is 0 Å². The molecule has 0 fully saturated rings. The zero-order valence-electron chi connectivity index (χ0n) is 10.6. The van der Waals surface area contributed by atoms with Crippen molar-refractivity contribution < 1.29 is 14.6 Å². The number of carboxylic acid groups (broad SMARTS) is 1. The van der Waals surface area contributed by atoms with Gasteiger partial charge in [0.05, 0.1) is 5.56 Å². The molecule has 4 heteroatoms. The summed E-state index contributed by atoms with van der Waals surface area (Å²) >= 11 is 3.28. The van der Waals surface area contributed by atoms with Crippen LogP contribution in [-0.2, 0) is 0 Å². The van der Waals surface area contributed by atoms with Crippen LogP contribution in [0.1, 0.15) is 21.5 Å². The van der Waals surface area contributed by atoms with E-state index in [2.05, 4.69) is 15.9 Å². The van der Waals surface area contributed by atoms with Gasteiger partial charge in [0.25, 0.3) is 0 Å². The fourth-order valence-corrected chi connectivity index (χ4v) is 2.13. The summed E-state index contributed by atoms with van der Waals surface area (Å²) in [5, 5.41) is 9.00. The Morgan fingerprint density at radius 3 is 2.42 bits per heavy atom. The third kappa shape index (κ3) is 3.35. The highest BCUT2D eigenvalue weighted by atomic mass is 79.9. The smallest absolute Gasteiger partial charge is 0.335 e. The van der Waals surface area contributed by atoms with Gasteiger partial charge in [0, 0.05) is 4.47 Å². The van der Waals surface area contributed by atoms with Gasteiger partial charge < -0.3 is 9.84 Å². The van der Waals surface area contributed by atoms with Crippen LogP contribution in [0.15, 0.2) is 40.9 Å². The summed E-state index contributed by atoms with van der Waals surface area (Å²) in [6, 6.07) is 10.5. The summed E-state index contributed by atoms with van der Waals surface area (Å²) < 4.78 is 6.36. The second kappa shape index (κ2) is 5.45. The average Bonchev–Trinajstić information content (AvgIpc) is 2.33. The van der Waals surface area contributed by atoms with Crippen LogP contribution in [-0.4, -0.2) is 11.1 Å². The molecule has 2 aromatic carbocycles. The van der Waals surface area contributed by atoms with Gasteiger partial charge in [0.1, 0.15) is 11.5 Å². The maximum Gasteiger partial charge on any atom is 0.335 e. The molecule has 2 aromatic rings. The summed E-state index contributed by atoms with van der Waals surface area (Å²) in [6.45, 7) is 4.03. The van der Waals surface area contributed by atoms with Gasteiger partial charge in [-0.2, -0.15) is 0 Å². The minimum Gasteiger partial charge on any atom is -0.478 e. The normalized spacial score (nSPS) is 10.3. The molecule has 0 aromatic heterocycles. The number of benzene rings is 2. The highest BCUT2D eigenvalue weighted by Gasteiger charge is 2.08. The number of carboxylic acids is 1. The first-order valence-corrected chi connectivity index (χ1v) is 6.54. The Labute approximate surface area is 120 Å². The predicted octanol–water partition coefficient (Wildman–Crippen LogP) is 4.56. The van der Waals surface area contributed by atoms with Crippen LogP contribution < -0.4 is 4.74 Å². The second-order valence-corrected chi connectivity index (χ2v) is 5.24. The molecule has 1 N–H and O–H groups in total. The minimum absolute atomic E-state index is 0.188. The highest BCUT2D eigenvalue weighted by Crippen LogP contribution is 2.27. The molecule has 0 atom stereocenters. The quantitative estimate of drug-likeness (QED) is 0.902. The Morgan fingerprint density at radius 2 is 1.79 bits per heavy atom. The minimum atomic E-state index is -0.980. The first-order chi connectivity index (χ1) is 8.95. The Kier molecular flexibility index (Phi) is 3.90. The number of hydrogen-bond donors (Lipinski definition) is 1. The average molecular weight is 321 g/mol. The molecule has 0 spiro atoms.